The van der Waals surface area contributed by atoms with Crippen molar-refractivity contribution in [1.29, 1.82) is 0 Å². The summed E-state index contributed by atoms with van der Waals surface area (Å²) in [5.74, 6) is 2.47. The van der Waals surface area contributed by atoms with Crippen LogP contribution in [0.15, 0.2) is 78.9 Å². The number of hydrogen-bond donors (Lipinski definition) is 2. The maximum absolute atomic E-state index is 13.8. The number of carbonyl (C=O) groups excluding carboxylic acids is 3. The molecule has 1 unspecified atom stereocenters. The number of anilines is 1. The third kappa shape index (κ3) is 6.47. The minimum absolute atomic E-state index is 0.0381. The van der Waals surface area contributed by atoms with Crippen molar-refractivity contribution in [2.45, 2.75) is 100 Å². The van der Waals surface area contributed by atoms with Gasteiger partial charge in [-0.25, -0.2) is 0 Å². The standard InChI is InChI=1S/C52H58N4O5/c1-34-25-44-48(43-30-56(49(60)46(34)43)52(32-57)16-15-45(59)53-31-52)61-33-51(44)19-21-54(22-20-51)29-35-27-50(28-35)17-23-55(24-18-50)39-10-7-37(8-11-39)47-41(36-5-3-2-4-6-36)13-9-38-26-40(58)12-14-42(38)47/h2-8,10-12,14,25-26,32,35,41,47,58H,9,13,15-24,27-31,33H2,1H3,(H,53,59)/t41-,47+,52?/m1/s1. The predicted octanol–water partition coefficient (Wildman–Crippen LogP) is 7.79. The van der Waals surface area contributed by atoms with Gasteiger partial charge in [0.2, 0.25) is 5.91 Å². The Balaban J connectivity index is 0.695. The van der Waals surface area contributed by atoms with E-state index in [-0.39, 0.29) is 36.1 Å². The van der Waals surface area contributed by atoms with Crippen LogP contribution in [0.1, 0.15) is 119 Å². The first-order valence-corrected chi connectivity index (χ1v) is 22.9. The molecule has 4 aromatic carbocycles. The van der Waals surface area contributed by atoms with Crippen LogP contribution in [0.5, 0.6) is 11.5 Å². The minimum atomic E-state index is -1.02. The molecule has 4 aromatic rings. The van der Waals surface area contributed by atoms with E-state index < -0.39 is 5.54 Å². The molecule has 3 saturated heterocycles. The number of piperidine rings is 3. The number of likely N-dealkylation sites (tertiary alicyclic amines) is 1. The summed E-state index contributed by atoms with van der Waals surface area (Å²) in [5.41, 5.74) is 9.95. The van der Waals surface area contributed by atoms with E-state index in [4.69, 9.17) is 4.74 Å². The van der Waals surface area contributed by atoms with Crippen molar-refractivity contribution in [3.8, 4) is 11.5 Å². The second kappa shape index (κ2) is 14.7. The molecule has 61 heavy (non-hydrogen) atoms. The van der Waals surface area contributed by atoms with Crippen LogP contribution in [0.4, 0.5) is 5.69 Å². The zero-order valence-electron chi connectivity index (χ0n) is 35.5. The Morgan fingerprint density at radius 2 is 1.64 bits per heavy atom. The van der Waals surface area contributed by atoms with Gasteiger partial charge in [0.15, 0.2) is 0 Å². The molecule has 4 fully saturated rings. The number of benzene rings is 4. The summed E-state index contributed by atoms with van der Waals surface area (Å²) in [7, 11) is 0. The van der Waals surface area contributed by atoms with Gasteiger partial charge in [0.25, 0.3) is 5.91 Å². The van der Waals surface area contributed by atoms with Crippen molar-refractivity contribution in [3.05, 3.63) is 123 Å². The third-order valence-corrected chi connectivity index (χ3v) is 16.6. The van der Waals surface area contributed by atoms with Crippen LogP contribution in [0.25, 0.3) is 0 Å². The molecule has 11 rings (SSSR count). The average Bonchev–Trinajstić information content (AvgIpc) is 3.82. The van der Waals surface area contributed by atoms with Crippen molar-refractivity contribution < 1.29 is 24.2 Å². The van der Waals surface area contributed by atoms with Crippen LogP contribution in [0, 0.1) is 18.3 Å². The third-order valence-electron chi connectivity index (χ3n) is 16.6. The van der Waals surface area contributed by atoms with Gasteiger partial charge in [0.05, 0.1) is 18.7 Å². The zero-order chi connectivity index (χ0) is 41.5. The Kier molecular flexibility index (Phi) is 9.37. The molecular weight excluding hydrogens is 761 g/mol. The second-order valence-corrected chi connectivity index (χ2v) is 20.0. The normalized spacial score (nSPS) is 26.6. The van der Waals surface area contributed by atoms with Gasteiger partial charge in [0.1, 0.15) is 23.3 Å². The Bertz CT molecular complexity index is 2360. The van der Waals surface area contributed by atoms with Crippen molar-refractivity contribution >= 4 is 23.8 Å². The van der Waals surface area contributed by atoms with E-state index in [2.05, 4.69) is 81.8 Å². The number of carbonyl (C=O) groups is 3. The molecule has 2 spiro atoms. The largest absolute Gasteiger partial charge is 0.508 e. The molecule has 7 aliphatic rings. The van der Waals surface area contributed by atoms with Crippen molar-refractivity contribution in [2.24, 2.45) is 11.3 Å². The van der Waals surface area contributed by atoms with Crippen LogP contribution in [0.3, 0.4) is 0 Å². The summed E-state index contributed by atoms with van der Waals surface area (Å²) in [6.07, 6.45) is 10.8. The van der Waals surface area contributed by atoms with E-state index in [1.54, 1.807) is 4.90 Å². The maximum atomic E-state index is 13.8. The van der Waals surface area contributed by atoms with E-state index in [1.807, 2.05) is 19.1 Å². The molecule has 5 aliphatic heterocycles. The first kappa shape index (κ1) is 38.7. The van der Waals surface area contributed by atoms with Gasteiger partial charge in [-0.2, -0.15) is 0 Å². The monoisotopic (exact) mass is 818 g/mol. The van der Waals surface area contributed by atoms with Crippen LogP contribution >= 0.6 is 0 Å². The topological polar surface area (TPSA) is 102 Å². The van der Waals surface area contributed by atoms with Gasteiger partial charge in [-0.3, -0.25) is 9.59 Å². The molecule has 5 heterocycles. The van der Waals surface area contributed by atoms with Crippen LogP contribution in [-0.2, 0) is 28.0 Å². The molecule has 2 aliphatic carbocycles. The van der Waals surface area contributed by atoms with Gasteiger partial charge in [0, 0.05) is 60.7 Å². The van der Waals surface area contributed by atoms with Crippen molar-refractivity contribution in [3.63, 3.8) is 0 Å². The minimum Gasteiger partial charge on any atom is -0.508 e. The number of nitrogens with one attached hydrogen (secondary N) is 1. The van der Waals surface area contributed by atoms with Crippen LogP contribution < -0.4 is 15.0 Å². The number of amides is 2. The fraction of sp³-hybridized carbons (Fsp3) is 0.481. The molecule has 3 atom stereocenters. The van der Waals surface area contributed by atoms with Gasteiger partial charge in [-0.05, 0) is 147 Å². The quantitative estimate of drug-likeness (QED) is 0.184. The molecule has 2 N–H and O–H groups in total. The molecule has 9 heteroatoms. The van der Waals surface area contributed by atoms with Crippen LogP contribution in [0.2, 0.25) is 0 Å². The fourth-order valence-corrected chi connectivity index (χ4v) is 13.1. The summed E-state index contributed by atoms with van der Waals surface area (Å²) in [6.45, 7) is 8.73. The summed E-state index contributed by atoms with van der Waals surface area (Å²) in [5, 5.41) is 13.1. The zero-order valence-corrected chi connectivity index (χ0v) is 35.5. The van der Waals surface area contributed by atoms with Gasteiger partial charge >= 0.3 is 0 Å². The summed E-state index contributed by atoms with van der Waals surface area (Å²) in [6, 6.07) is 28.6. The number of aldehydes is 1. The van der Waals surface area contributed by atoms with E-state index >= 15 is 0 Å². The van der Waals surface area contributed by atoms with Crippen molar-refractivity contribution in [2.75, 3.05) is 50.8 Å². The number of aryl methyl sites for hydroxylation is 2. The lowest BCUT2D eigenvalue weighted by atomic mass is 9.57. The Morgan fingerprint density at radius 3 is 2.36 bits per heavy atom. The molecule has 0 radical (unpaired) electrons. The molecule has 0 aromatic heterocycles. The lowest BCUT2D eigenvalue weighted by Gasteiger charge is -2.54. The maximum Gasteiger partial charge on any atom is 0.255 e. The number of fused-ring (bicyclic) bond motifs is 5. The number of phenols is 1. The first-order chi connectivity index (χ1) is 29.7. The number of phenolic OH excluding ortho intramolecular Hbond substituents is 1. The SMILES string of the molecule is Cc1cc2c(c3c1C(=O)N(C1(C=O)CCC(=O)NC1)C3)OCC21CCN(CC2CC3(CCN(c4ccc([C@@H]5c6ccc(O)cc6CC[C@@H]5c5ccccc5)cc4)CC3)C2)CC1. The van der Waals surface area contributed by atoms with Crippen LogP contribution in [-0.4, -0.2) is 84.4 Å². The highest BCUT2D eigenvalue weighted by Crippen LogP contribution is 2.55. The molecule has 316 valence electrons. The van der Waals surface area contributed by atoms with E-state index in [1.165, 1.54) is 65.7 Å². The smallest absolute Gasteiger partial charge is 0.255 e. The van der Waals surface area contributed by atoms with E-state index in [9.17, 15) is 19.5 Å². The lowest BCUT2D eigenvalue weighted by Crippen LogP contribution is -2.60. The highest BCUT2D eigenvalue weighted by Gasteiger charge is 2.52. The van der Waals surface area contributed by atoms with Gasteiger partial charge in [-0.15, -0.1) is 0 Å². The molecule has 9 nitrogen and oxygen atoms in total. The molecule has 2 amide bonds. The summed E-state index contributed by atoms with van der Waals surface area (Å²) in [4.78, 5) is 45.2. The lowest BCUT2D eigenvalue weighted by molar-refractivity contribution is -0.128. The number of hydrogen-bond acceptors (Lipinski definition) is 7. The number of ether oxygens (including phenoxy) is 1. The predicted molar refractivity (Wildman–Crippen MR) is 235 cm³/mol. The number of rotatable bonds is 7. The summed E-state index contributed by atoms with van der Waals surface area (Å²) >= 11 is 0. The van der Waals surface area contributed by atoms with E-state index in [0.717, 1.165) is 80.9 Å². The number of nitrogens with zero attached hydrogens (tertiary/aromatic N) is 3. The Morgan fingerprint density at radius 1 is 0.869 bits per heavy atom. The van der Waals surface area contributed by atoms with Gasteiger partial charge < -0.3 is 34.7 Å². The van der Waals surface area contributed by atoms with Crippen molar-refractivity contribution in [1.82, 2.24) is 15.1 Å². The molecule has 1 saturated carbocycles. The molecule has 0 bridgehead atoms. The Labute approximate surface area is 359 Å². The highest BCUT2D eigenvalue weighted by molar-refractivity contribution is 6.03. The molecular formula is C52H58N4O5. The fourth-order valence-electron chi connectivity index (χ4n) is 13.1. The van der Waals surface area contributed by atoms with Gasteiger partial charge in [-0.1, -0.05) is 54.6 Å². The second-order valence-electron chi connectivity index (χ2n) is 20.0. The first-order valence-electron chi connectivity index (χ1n) is 22.9. The number of aromatic hydroxyl groups is 1. The highest BCUT2D eigenvalue weighted by atomic mass is 16.5. The summed E-state index contributed by atoms with van der Waals surface area (Å²) < 4.78 is 6.53. The average molecular weight is 819 g/mol. The van der Waals surface area contributed by atoms with E-state index in [0.29, 0.717) is 42.2 Å². The Hall–Kier alpha value is -5.15.